The molecule has 2 fully saturated rings. The van der Waals surface area contributed by atoms with Gasteiger partial charge in [0.25, 0.3) is 0 Å². The lowest BCUT2D eigenvalue weighted by Gasteiger charge is -2.32. The molecule has 7 heteroatoms. The van der Waals surface area contributed by atoms with Crippen LogP contribution in [0.4, 0.5) is 14.5 Å². The minimum Gasteiger partial charge on any atom is -0.480 e. The Labute approximate surface area is 138 Å². The monoisotopic (exact) mass is 338 g/mol. The summed E-state index contributed by atoms with van der Waals surface area (Å²) in [6.45, 7) is -0.131. The lowest BCUT2D eigenvalue weighted by molar-refractivity contribution is -0.143. The molecule has 1 aromatic carbocycles. The molecular weight excluding hydrogens is 318 g/mol. The summed E-state index contributed by atoms with van der Waals surface area (Å²) >= 11 is 0. The predicted octanol–water partition coefficient (Wildman–Crippen LogP) is 2.62. The number of aliphatic carboxylic acids is 1. The van der Waals surface area contributed by atoms with Crippen molar-refractivity contribution in [2.45, 2.75) is 44.2 Å². The zero-order valence-electron chi connectivity index (χ0n) is 13.2. The lowest BCUT2D eigenvalue weighted by Crippen LogP contribution is -2.46. The first-order valence-corrected chi connectivity index (χ1v) is 8.19. The molecule has 1 aliphatic carbocycles. The van der Waals surface area contributed by atoms with E-state index in [1.165, 1.54) is 0 Å². The average molecular weight is 338 g/mol. The summed E-state index contributed by atoms with van der Waals surface area (Å²) in [5.41, 5.74) is -0.230. The minimum atomic E-state index is -0.936. The highest BCUT2D eigenvalue weighted by molar-refractivity contribution is 5.92. The Balaban J connectivity index is 1.71. The summed E-state index contributed by atoms with van der Waals surface area (Å²) in [7, 11) is 0. The fourth-order valence-corrected chi connectivity index (χ4v) is 3.97. The van der Waals surface area contributed by atoms with Gasteiger partial charge in [0.05, 0.1) is 12.2 Å². The van der Waals surface area contributed by atoms with Crippen LogP contribution in [0.1, 0.15) is 32.1 Å². The van der Waals surface area contributed by atoms with Crippen molar-refractivity contribution in [3.05, 3.63) is 29.8 Å². The van der Waals surface area contributed by atoms with Gasteiger partial charge in [0, 0.05) is 12.1 Å². The molecule has 0 spiro atoms. The number of carbonyl (C=O) groups is 2. The molecule has 2 aliphatic rings. The second kappa shape index (κ2) is 6.84. The number of nitrogens with zero attached hydrogens (tertiary/aromatic N) is 1. The fourth-order valence-electron chi connectivity index (χ4n) is 3.97. The van der Waals surface area contributed by atoms with E-state index in [1.54, 1.807) is 4.90 Å². The van der Waals surface area contributed by atoms with E-state index in [4.69, 9.17) is 0 Å². The van der Waals surface area contributed by atoms with Crippen molar-refractivity contribution >= 4 is 17.6 Å². The topological polar surface area (TPSA) is 69.6 Å². The number of halogens is 2. The van der Waals surface area contributed by atoms with Crippen LogP contribution in [0.2, 0.25) is 0 Å². The summed E-state index contributed by atoms with van der Waals surface area (Å²) in [6, 6.07) is 2.20. The summed E-state index contributed by atoms with van der Waals surface area (Å²) in [6.07, 6.45) is 4.49. The van der Waals surface area contributed by atoms with Crippen LogP contribution in [-0.2, 0) is 9.59 Å². The minimum absolute atomic E-state index is 0.0722. The third-order valence-electron chi connectivity index (χ3n) is 5.04. The zero-order valence-corrected chi connectivity index (χ0v) is 13.2. The zero-order chi connectivity index (χ0) is 17.3. The molecule has 3 atom stereocenters. The molecule has 2 N–H and O–H groups in total. The number of hydrogen-bond acceptors (Lipinski definition) is 3. The normalized spacial score (nSPS) is 26.8. The predicted molar refractivity (Wildman–Crippen MR) is 83.5 cm³/mol. The molecule has 3 rings (SSSR count). The van der Waals surface area contributed by atoms with E-state index in [0.717, 1.165) is 43.9 Å². The first kappa shape index (κ1) is 16.8. The molecule has 1 aromatic rings. The Morgan fingerprint density at radius 1 is 1.25 bits per heavy atom. The number of carbonyl (C=O) groups excluding carboxylic acids is 1. The second-order valence-electron chi connectivity index (χ2n) is 6.55. The molecule has 1 saturated heterocycles. The number of carboxylic acids is 1. The van der Waals surface area contributed by atoms with E-state index in [2.05, 4.69) is 5.32 Å². The van der Waals surface area contributed by atoms with Crippen LogP contribution >= 0.6 is 0 Å². The third-order valence-corrected chi connectivity index (χ3v) is 5.04. The molecule has 0 bridgehead atoms. The number of carboxylic acid groups (broad SMARTS) is 1. The number of hydrogen-bond donors (Lipinski definition) is 2. The van der Waals surface area contributed by atoms with Gasteiger partial charge in [0.15, 0.2) is 0 Å². The fraction of sp³-hybridized carbons (Fsp3) is 0.529. The Kier molecular flexibility index (Phi) is 4.80. The van der Waals surface area contributed by atoms with Crippen LogP contribution in [0.15, 0.2) is 18.2 Å². The molecule has 1 aliphatic heterocycles. The van der Waals surface area contributed by atoms with Crippen LogP contribution in [-0.4, -0.2) is 40.5 Å². The van der Waals surface area contributed by atoms with Crippen molar-refractivity contribution in [2.24, 2.45) is 5.92 Å². The molecule has 24 heavy (non-hydrogen) atoms. The smallest absolute Gasteiger partial charge is 0.320 e. The Hall–Kier alpha value is -2.02. The summed E-state index contributed by atoms with van der Waals surface area (Å²) in [4.78, 5) is 25.5. The summed E-state index contributed by atoms with van der Waals surface area (Å²) in [5, 5.41) is 11.8. The van der Waals surface area contributed by atoms with Gasteiger partial charge in [0.2, 0.25) is 5.91 Å². The largest absolute Gasteiger partial charge is 0.480 e. The highest BCUT2D eigenvalue weighted by Gasteiger charge is 2.45. The van der Waals surface area contributed by atoms with Crippen molar-refractivity contribution in [2.75, 3.05) is 11.9 Å². The number of nitrogens with one attached hydrogen (secondary N) is 1. The van der Waals surface area contributed by atoms with Crippen LogP contribution in [0.3, 0.4) is 0 Å². The van der Waals surface area contributed by atoms with Gasteiger partial charge >= 0.3 is 5.97 Å². The SMILES string of the molecule is O=C(CN1C(C(=O)O)CC2CCCCC21)Nc1cc(F)ccc1F. The van der Waals surface area contributed by atoms with Crippen LogP contribution < -0.4 is 5.32 Å². The first-order valence-electron chi connectivity index (χ1n) is 8.19. The van der Waals surface area contributed by atoms with E-state index in [0.29, 0.717) is 12.3 Å². The van der Waals surface area contributed by atoms with E-state index in [1.807, 2.05) is 0 Å². The standard InChI is InChI=1S/C17H20F2N2O3/c18-11-5-6-12(19)13(8-11)20-16(22)9-21-14-4-2-1-3-10(14)7-15(21)17(23)24/h5-6,8,10,14-15H,1-4,7,9H2,(H,20,22)(H,23,24). The highest BCUT2D eigenvalue weighted by Crippen LogP contribution is 2.39. The number of benzene rings is 1. The first-order chi connectivity index (χ1) is 11.5. The maximum atomic E-state index is 13.6. The number of rotatable bonds is 4. The van der Waals surface area contributed by atoms with Gasteiger partial charge in [-0.2, -0.15) is 0 Å². The number of amides is 1. The van der Waals surface area contributed by atoms with Gasteiger partial charge in [-0.25, -0.2) is 8.78 Å². The quantitative estimate of drug-likeness (QED) is 0.885. The molecule has 0 aromatic heterocycles. The summed E-state index contributed by atoms with van der Waals surface area (Å²) in [5.74, 6) is -2.55. The molecular formula is C17H20F2N2O3. The lowest BCUT2D eigenvalue weighted by atomic mass is 9.85. The Morgan fingerprint density at radius 2 is 2.00 bits per heavy atom. The van der Waals surface area contributed by atoms with Crippen molar-refractivity contribution < 1.29 is 23.5 Å². The molecule has 5 nitrogen and oxygen atoms in total. The Bertz CT molecular complexity index is 653. The average Bonchev–Trinajstić information content (AvgIpc) is 2.90. The maximum Gasteiger partial charge on any atom is 0.320 e. The van der Waals surface area contributed by atoms with Gasteiger partial charge in [-0.15, -0.1) is 0 Å². The highest BCUT2D eigenvalue weighted by atomic mass is 19.1. The van der Waals surface area contributed by atoms with Gasteiger partial charge in [-0.3, -0.25) is 14.5 Å². The van der Waals surface area contributed by atoms with E-state index < -0.39 is 29.6 Å². The van der Waals surface area contributed by atoms with E-state index in [-0.39, 0.29) is 18.3 Å². The number of likely N-dealkylation sites (tertiary alicyclic amines) is 1. The second-order valence-corrected chi connectivity index (χ2v) is 6.55. The van der Waals surface area contributed by atoms with E-state index >= 15 is 0 Å². The van der Waals surface area contributed by atoms with Gasteiger partial charge in [0.1, 0.15) is 17.7 Å². The molecule has 0 radical (unpaired) electrons. The maximum absolute atomic E-state index is 13.6. The van der Waals surface area contributed by atoms with Crippen LogP contribution in [0.5, 0.6) is 0 Å². The van der Waals surface area contributed by atoms with Crippen molar-refractivity contribution in [1.29, 1.82) is 0 Å². The van der Waals surface area contributed by atoms with Crippen molar-refractivity contribution in [3.8, 4) is 0 Å². The molecule has 130 valence electrons. The van der Waals surface area contributed by atoms with Crippen LogP contribution in [0.25, 0.3) is 0 Å². The molecule has 1 heterocycles. The van der Waals surface area contributed by atoms with Gasteiger partial charge in [-0.1, -0.05) is 12.8 Å². The Morgan fingerprint density at radius 3 is 2.75 bits per heavy atom. The number of fused-ring (bicyclic) bond motifs is 1. The van der Waals surface area contributed by atoms with E-state index in [9.17, 15) is 23.5 Å². The molecule has 3 unspecified atom stereocenters. The van der Waals surface area contributed by atoms with Crippen LogP contribution in [0, 0.1) is 17.6 Å². The van der Waals surface area contributed by atoms with Gasteiger partial charge < -0.3 is 10.4 Å². The number of anilines is 1. The molecule has 1 saturated carbocycles. The van der Waals surface area contributed by atoms with Crippen molar-refractivity contribution in [3.63, 3.8) is 0 Å². The summed E-state index contributed by atoms with van der Waals surface area (Å²) < 4.78 is 26.8. The van der Waals surface area contributed by atoms with Crippen molar-refractivity contribution in [1.82, 2.24) is 4.90 Å². The van der Waals surface area contributed by atoms with Gasteiger partial charge in [-0.05, 0) is 37.3 Å². The molecule has 1 amide bonds. The third kappa shape index (κ3) is 3.40.